The number of carbonyl (C=O) groups is 2. The van der Waals surface area contributed by atoms with Crippen LogP contribution in [-0.2, 0) is 0 Å². The highest BCUT2D eigenvalue weighted by atomic mass is 32.1. The van der Waals surface area contributed by atoms with E-state index in [1.54, 1.807) is 11.3 Å². The molecule has 170 valence electrons. The second-order valence-electron chi connectivity index (χ2n) is 8.33. The molecule has 0 atom stereocenters. The molecule has 2 amide bonds. The fourth-order valence-corrected chi connectivity index (χ4v) is 5.63. The van der Waals surface area contributed by atoms with E-state index in [0.29, 0.717) is 42.6 Å². The average Bonchev–Trinajstić information content (AvgIpc) is 3.22. The van der Waals surface area contributed by atoms with Crippen molar-refractivity contribution in [3.63, 3.8) is 0 Å². The number of nitrogens with zero attached hydrogens (tertiary/aromatic N) is 4. The van der Waals surface area contributed by atoms with Crippen LogP contribution >= 0.6 is 22.7 Å². The summed E-state index contributed by atoms with van der Waals surface area (Å²) in [6.07, 6.45) is 4.14. The highest BCUT2D eigenvalue weighted by Gasteiger charge is 2.30. The molecule has 0 spiro atoms. The molecule has 0 aliphatic heterocycles. The lowest BCUT2D eigenvalue weighted by molar-refractivity contribution is 0.0736. The zero-order valence-electron chi connectivity index (χ0n) is 18.6. The Labute approximate surface area is 200 Å². The van der Waals surface area contributed by atoms with Gasteiger partial charge in [0.1, 0.15) is 11.4 Å². The Bertz CT molecular complexity index is 1300. The van der Waals surface area contributed by atoms with Gasteiger partial charge in [-0.05, 0) is 38.2 Å². The monoisotopic (exact) mass is 479 g/mol. The summed E-state index contributed by atoms with van der Waals surface area (Å²) in [4.78, 5) is 39.0. The second kappa shape index (κ2) is 9.07. The first-order valence-corrected chi connectivity index (χ1v) is 12.7. The summed E-state index contributed by atoms with van der Waals surface area (Å²) in [5.74, 6) is 0.291. The molecule has 0 bridgehead atoms. The zero-order valence-corrected chi connectivity index (χ0v) is 20.2. The van der Waals surface area contributed by atoms with Crippen LogP contribution in [0.4, 0.5) is 0 Å². The third kappa shape index (κ3) is 4.56. The molecule has 1 aliphatic rings. The number of fused-ring (bicyclic) bond motifs is 1. The predicted octanol–water partition coefficient (Wildman–Crippen LogP) is 4.42. The maximum absolute atomic E-state index is 13.6. The lowest BCUT2D eigenvalue weighted by Crippen LogP contribution is -2.40. The Kier molecular flexibility index (Phi) is 5.99. The summed E-state index contributed by atoms with van der Waals surface area (Å²) in [5.41, 5.74) is 2.76. The van der Waals surface area contributed by atoms with E-state index >= 15 is 0 Å². The van der Waals surface area contributed by atoms with Crippen LogP contribution in [-0.4, -0.2) is 50.7 Å². The second-order valence-corrected chi connectivity index (χ2v) is 10.4. The quantitative estimate of drug-likeness (QED) is 0.406. The van der Waals surface area contributed by atoms with Gasteiger partial charge in [-0.3, -0.25) is 14.0 Å². The number of carbonyl (C=O) groups excluding carboxylic acids is 2. The standard InChI is InChI=1S/C24H25N5O2S2/c1-15-20(29-12-13-32-24(29)26-15)22(30)25-10-11-28(14-17-8-9-17)23(31)19-21(33-16(2)27-19)18-6-4-3-5-7-18/h3-7,12-13,17H,8-11,14H2,1-2H3,(H,25,30). The van der Waals surface area contributed by atoms with E-state index in [0.717, 1.165) is 33.3 Å². The number of imidazole rings is 1. The molecule has 1 aromatic carbocycles. The van der Waals surface area contributed by atoms with Crippen molar-refractivity contribution in [3.05, 3.63) is 64.0 Å². The first kappa shape index (κ1) is 21.8. The molecule has 0 unspecified atom stereocenters. The minimum Gasteiger partial charge on any atom is -0.349 e. The average molecular weight is 480 g/mol. The third-order valence-corrected chi connectivity index (χ3v) is 7.53. The molecule has 1 fully saturated rings. The predicted molar refractivity (Wildman–Crippen MR) is 131 cm³/mol. The SMILES string of the molecule is Cc1nc(C(=O)N(CCNC(=O)c2c(C)nc3sccn23)CC2CC2)c(-c2ccccc2)s1. The van der Waals surface area contributed by atoms with Crippen LogP contribution < -0.4 is 5.32 Å². The van der Waals surface area contributed by atoms with Crippen molar-refractivity contribution in [2.75, 3.05) is 19.6 Å². The molecule has 0 radical (unpaired) electrons. The Morgan fingerprint density at radius 2 is 1.97 bits per heavy atom. The van der Waals surface area contributed by atoms with Crippen LogP contribution in [0.2, 0.25) is 0 Å². The minimum absolute atomic E-state index is 0.0693. The van der Waals surface area contributed by atoms with Gasteiger partial charge in [0.25, 0.3) is 11.8 Å². The van der Waals surface area contributed by atoms with Crippen LogP contribution in [0.25, 0.3) is 15.4 Å². The maximum atomic E-state index is 13.6. The summed E-state index contributed by atoms with van der Waals surface area (Å²) in [6, 6.07) is 9.92. The number of amides is 2. The smallest absolute Gasteiger partial charge is 0.274 e. The van der Waals surface area contributed by atoms with Crippen LogP contribution in [0.1, 0.15) is 44.5 Å². The lowest BCUT2D eigenvalue weighted by atomic mass is 10.1. The first-order chi connectivity index (χ1) is 16.0. The van der Waals surface area contributed by atoms with E-state index in [4.69, 9.17) is 0 Å². The number of aromatic nitrogens is 3. The first-order valence-electron chi connectivity index (χ1n) is 11.0. The summed E-state index contributed by atoms with van der Waals surface area (Å²) in [5, 5.41) is 5.76. The van der Waals surface area contributed by atoms with E-state index < -0.39 is 0 Å². The van der Waals surface area contributed by atoms with Gasteiger partial charge in [0.15, 0.2) is 4.96 Å². The largest absolute Gasteiger partial charge is 0.349 e. The number of hydrogen-bond donors (Lipinski definition) is 1. The molecule has 7 nitrogen and oxygen atoms in total. The number of thiazole rings is 2. The van der Waals surface area contributed by atoms with E-state index in [1.807, 2.05) is 65.1 Å². The van der Waals surface area contributed by atoms with E-state index in [-0.39, 0.29) is 11.8 Å². The van der Waals surface area contributed by atoms with Gasteiger partial charge in [0.05, 0.1) is 15.6 Å². The van der Waals surface area contributed by atoms with Gasteiger partial charge < -0.3 is 10.2 Å². The molecule has 3 aromatic heterocycles. The number of benzene rings is 1. The van der Waals surface area contributed by atoms with Crippen molar-refractivity contribution < 1.29 is 9.59 Å². The summed E-state index contributed by atoms with van der Waals surface area (Å²) >= 11 is 3.04. The molecule has 1 N–H and O–H groups in total. The molecule has 4 aromatic rings. The van der Waals surface area contributed by atoms with Crippen LogP contribution in [0.15, 0.2) is 41.9 Å². The van der Waals surface area contributed by atoms with Crippen molar-refractivity contribution >= 4 is 39.4 Å². The molecule has 0 saturated heterocycles. The Balaban J connectivity index is 1.31. The minimum atomic E-state index is -0.174. The van der Waals surface area contributed by atoms with Gasteiger partial charge in [-0.25, -0.2) is 9.97 Å². The molecule has 9 heteroatoms. The highest BCUT2D eigenvalue weighted by Crippen LogP contribution is 2.33. The zero-order chi connectivity index (χ0) is 22.9. The van der Waals surface area contributed by atoms with Crippen molar-refractivity contribution in [1.82, 2.24) is 24.6 Å². The van der Waals surface area contributed by atoms with Crippen molar-refractivity contribution in [3.8, 4) is 10.4 Å². The van der Waals surface area contributed by atoms with Gasteiger partial charge in [-0.15, -0.1) is 22.7 Å². The Morgan fingerprint density at radius 1 is 1.18 bits per heavy atom. The van der Waals surface area contributed by atoms with Crippen molar-refractivity contribution in [1.29, 1.82) is 0 Å². The number of rotatable bonds is 8. The molecule has 1 aliphatic carbocycles. The Hall–Kier alpha value is -3.04. The number of hydrogen-bond acceptors (Lipinski definition) is 6. The van der Waals surface area contributed by atoms with E-state index in [9.17, 15) is 9.59 Å². The fraction of sp³-hybridized carbons (Fsp3) is 0.333. The molecule has 33 heavy (non-hydrogen) atoms. The van der Waals surface area contributed by atoms with Gasteiger partial charge in [-0.2, -0.15) is 0 Å². The molecular formula is C24H25N5O2S2. The fourth-order valence-electron chi connectivity index (χ4n) is 3.95. The van der Waals surface area contributed by atoms with Crippen LogP contribution in [0.3, 0.4) is 0 Å². The lowest BCUT2D eigenvalue weighted by Gasteiger charge is -2.22. The number of nitrogens with one attached hydrogen (secondary N) is 1. The summed E-state index contributed by atoms with van der Waals surface area (Å²) < 4.78 is 1.81. The van der Waals surface area contributed by atoms with Gasteiger partial charge >= 0.3 is 0 Å². The van der Waals surface area contributed by atoms with Gasteiger partial charge in [-0.1, -0.05) is 30.3 Å². The van der Waals surface area contributed by atoms with Crippen LogP contribution in [0.5, 0.6) is 0 Å². The normalized spacial score (nSPS) is 13.4. The third-order valence-electron chi connectivity index (χ3n) is 5.75. The highest BCUT2D eigenvalue weighted by molar-refractivity contribution is 7.15. The molecule has 3 heterocycles. The van der Waals surface area contributed by atoms with E-state index in [2.05, 4.69) is 15.3 Å². The molecular weight excluding hydrogens is 454 g/mol. The van der Waals surface area contributed by atoms with Crippen molar-refractivity contribution in [2.45, 2.75) is 26.7 Å². The Morgan fingerprint density at radius 3 is 2.73 bits per heavy atom. The van der Waals surface area contributed by atoms with Gasteiger partial charge in [0, 0.05) is 31.2 Å². The van der Waals surface area contributed by atoms with Crippen LogP contribution in [0, 0.1) is 19.8 Å². The van der Waals surface area contributed by atoms with Crippen molar-refractivity contribution in [2.24, 2.45) is 5.92 Å². The molecule has 5 rings (SSSR count). The van der Waals surface area contributed by atoms with E-state index in [1.165, 1.54) is 11.3 Å². The number of aryl methyl sites for hydroxylation is 2. The summed E-state index contributed by atoms with van der Waals surface area (Å²) in [6.45, 7) is 5.28. The topological polar surface area (TPSA) is 79.6 Å². The molecule has 1 saturated carbocycles. The van der Waals surface area contributed by atoms with Gasteiger partial charge in [0.2, 0.25) is 0 Å². The summed E-state index contributed by atoms with van der Waals surface area (Å²) in [7, 11) is 0. The maximum Gasteiger partial charge on any atom is 0.274 e.